The van der Waals surface area contributed by atoms with Gasteiger partial charge in [0.15, 0.2) is 0 Å². The predicted octanol–water partition coefficient (Wildman–Crippen LogP) is 3.96. The molecular weight excluding hydrogens is 430 g/mol. The Kier molecular flexibility index (Phi) is 5.93. The fourth-order valence-electron chi connectivity index (χ4n) is 3.67. The van der Waals surface area contributed by atoms with Crippen LogP contribution in [-0.2, 0) is 14.4 Å². The summed E-state index contributed by atoms with van der Waals surface area (Å²) in [6.45, 7) is 4.24. The molecule has 0 radical (unpaired) electrons. The molecule has 31 heavy (non-hydrogen) atoms. The molecule has 6 nitrogen and oxygen atoms in total. The Hall–Kier alpha value is -2.97. The van der Waals surface area contributed by atoms with E-state index in [2.05, 4.69) is 5.32 Å². The van der Waals surface area contributed by atoms with Crippen molar-refractivity contribution in [3.05, 3.63) is 64.6 Å². The molecule has 0 aromatic heterocycles. The molecule has 2 aliphatic rings. The molecule has 1 N–H and O–H groups in total. The second-order valence-corrected chi connectivity index (χ2v) is 8.94. The van der Waals surface area contributed by atoms with Gasteiger partial charge in [0.2, 0.25) is 5.91 Å². The number of fused-ring (bicyclic) bond motifs is 1. The summed E-state index contributed by atoms with van der Waals surface area (Å²) in [4.78, 5) is 42.4. The molecule has 0 bridgehead atoms. The Morgan fingerprint density at radius 1 is 1.03 bits per heavy atom. The molecular formula is C23H21N3O3S2. The number of nitrogens with zero attached hydrogens (tertiary/aromatic N) is 2. The van der Waals surface area contributed by atoms with Crippen LogP contribution in [0.1, 0.15) is 24.5 Å². The maximum absolute atomic E-state index is 13.4. The average molecular weight is 452 g/mol. The van der Waals surface area contributed by atoms with Crippen LogP contribution in [0.15, 0.2) is 53.4 Å². The van der Waals surface area contributed by atoms with Crippen LogP contribution in [0.5, 0.6) is 0 Å². The van der Waals surface area contributed by atoms with Crippen molar-refractivity contribution in [3.63, 3.8) is 0 Å². The number of rotatable bonds is 5. The number of anilines is 2. The molecule has 1 saturated heterocycles. The number of thiocarbonyl (C=S) groups is 1. The lowest BCUT2D eigenvalue weighted by molar-refractivity contribution is -0.122. The lowest BCUT2D eigenvalue weighted by atomic mass is 10.1. The van der Waals surface area contributed by atoms with E-state index in [1.165, 1.54) is 9.80 Å². The van der Waals surface area contributed by atoms with Gasteiger partial charge in [0.1, 0.15) is 10.9 Å². The van der Waals surface area contributed by atoms with Gasteiger partial charge in [-0.1, -0.05) is 67.3 Å². The zero-order chi connectivity index (χ0) is 22.1. The van der Waals surface area contributed by atoms with Crippen LogP contribution >= 0.6 is 24.0 Å². The molecule has 2 aromatic carbocycles. The number of nitrogens with one attached hydrogen (secondary N) is 1. The van der Waals surface area contributed by atoms with Gasteiger partial charge in [-0.25, -0.2) is 0 Å². The van der Waals surface area contributed by atoms with Gasteiger partial charge in [0.05, 0.1) is 16.2 Å². The van der Waals surface area contributed by atoms with Crippen molar-refractivity contribution in [3.8, 4) is 0 Å². The largest absolute Gasteiger partial charge is 0.324 e. The molecule has 1 fully saturated rings. The summed E-state index contributed by atoms with van der Waals surface area (Å²) in [6, 6.07) is 14.7. The van der Waals surface area contributed by atoms with Gasteiger partial charge in [-0.05, 0) is 31.0 Å². The lowest BCUT2D eigenvalue weighted by Gasteiger charge is -2.17. The van der Waals surface area contributed by atoms with Crippen molar-refractivity contribution in [2.75, 3.05) is 23.3 Å². The van der Waals surface area contributed by atoms with Gasteiger partial charge in [0.25, 0.3) is 11.8 Å². The molecule has 0 spiro atoms. The monoisotopic (exact) mass is 451 g/mol. The smallest absolute Gasteiger partial charge is 0.267 e. The number of hydrogen-bond donors (Lipinski definition) is 1. The molecule has 2 aliphatic heterocycles. The lowest BCUT2D eigenvalue weighted by Crippen LogP contribution is -2.35. The van der Waals surface area contributed by atoms with Crippen LogP contribution in [0.4, 0.5) is 11.4 Å². The van der Waals surface area contributed by atoms with E-state index in [0.29, 0.717) is 38.3 Å². The average Bonchev–Trinajstić information content (AvgIpc) is 3.18. The van der Waals surface area contributed by atoms with E-state index in [4.69, 9.17) is 12.2 Å². The predicted molar refractivity (Wildman–Crippen MR) is 128 cm³/mol. The minimum absolute atomic E-state index is 0.150. The number of carbonyl (C=O) groups excluding carboxylic acids is 3. The molecule has 3 amide bonds. The number of para-hydroxylation sites is 2. The first-order chi connectivity index (χ1) is 14.9. The number of carbonyl (C=O) groups is 3. The second-order valence-electron chi connectivity index (χ2n) is 7.30. The second kappa shape index (κ2) is 8.64. The van der Waals surface area contributed by atoms with E-state index < -0.39 is 0 Å². The molecule has 2 aromatic rings. The fraction of sp³-hybridized carbons (Fsp3) is 0.217. The highest BCUT2D eigenvalue weighted by Gasteiger charge is 2.42. The highest BCUT2D eigenvalue weighted by Crippen LogP contribution is 2.44. The van der Waals surface area contributed by atoms with Crippen molar-refractivity contribution in [1.29, 1.82) is 0 Å². The Labute approximate surface area is 190 Å². The first kappa shape index (κ1) is 21.3. The number of aryl methyl sites for hydroxylation is 1. The topological polar surface area (TPSA) is 69.7 Å². The van der Waals surface area contributed by atoms with Gasteiger partial charge < -0.3 is 5.32 Å². The van der Waals surface area contributed by atoms with Gasteiger partial charge in [0, 0.05) is 17.8 Å². The summed E-state index contributed by atoms with van der Waals surface area (Å²) >= 11 is 6.51. The zero-order valence-electron chi connectivity index (χ0n) is 17.2. The van der Waals surface area contributed by atoms with E-state index in [-0.39, 0.29) is 24.3 Å². The summed E-state index contributed by atoms with van der Waals surface area (Å²) in [6.07, 6.45) is 0.769. The fourth-order valence-corrected chi connectivity index (χ4v) is 5.05. The standard InChI is InChI=1S/C23H21N3O3S2/c1-3-12-25-22(29)20(31-23(25)30)19-15-9-5-7-11-17(15)26(21(19)28)13-18(27)24-16-10-6-4-8-14(16)2/h4-11H,3,12-13H2,1-2H3,(H,24,27). The maximum Gasteiger partial charge on any atom is 0.267 e. The summed E-state index contributed by atoms with van der Waals surface area (Å²) in [5, 5.41) is 2.86. The molecule has 0 aliphatic carbocycles. The van der Waals surface area contributed by atoms with E-state index in [0.717, 1.165) is 23.7 Å². The molecule has 2 heterocycles. The zero-order valence-corrected chi connectivity index (χ0v) is 18.8. The first-order valence-electron chi connectivity index (χ1n) is 9.97. The molecule has 8 heteroatoms. The van der Waals surface area contributed by atoms with Crippen molar-refractivity contribution in [2.45, 2.75) is 20.3 Å². The van der Waals surface area contributed by atoms with E-state index in [9.17, 15) is 14.4 Å². The summed E-state index contributed by atoms with van der Waals surface area (Å²) < 4.78 is 0.454. The SMILES string of the molecule is CCCN1C(=O)C(=C2C(=O)N(CC(=O)Nc3ccccc3C)c3ccccc32)SC1=S. The number of thioether (sulfide) groups is 1. The minimum atomic E-state index is -0.363. The van der Waals surface area contributed by atoms with Crippen molar-refractivity contribution < 1.29 is 14.4 Å². The number of amides is 3. The molecule has 0 atom stereocenters. The molecule has 0 saturated carbocycles. The Morgan fingerprint density at radius 3 is 2.48 bits per heavy atom. The van der Waals surface area contributed by atoms with Crippen LogP contribution in [0.2, 0.25) is 0 Å². The van der Waals surface area contributed by atoms with Gasteiger partial charge in [-0.2, -0.15) is 0 Å². The van der Waals surface area contributed by atoms with Gasteiger partial charge >= 0.3 is 0 Å². The van der Waals surface area contributed by atoms with E-state index in [1.807, 2.05) is 50.2 Å². The minimum Gasteiger partial charge on any atom is -0.324 e. The Morgan fingerprint density at radius 2 is 1.74 bits per heavy atom. The molecule has 0 unspecified atom stereocenters. The summed E-state index contributed by atoms with van der Waals surface area (Å²) in [5.74, 6) is -0.920. The van der Waals surface area contributed by atoms with Crippen LogP contribution in [0.3, 0.4) is 0 Å². The highest BCUT2D eigenvalue weighted by molar-refractivity contribution is 8.26. The summed E-state index contributed by atoms with van der Waals surface area (Å²) in [5.41, 5.74) is 3.21. The van der Waals surface area contributed by atoms with Crippen LogP contribution < -0.4 is 10.2 Å². The quantitative estimate of drug-likeness (QED) is 0.550. The third-order valence-corrected chi connectivity index (χ3v) is 6.62. The summed E-state index contributed by atoms with van der Waals surface area (Å²) in [7, 11) is 0. The normalized spacial score (nSPS) is 18.1. The Balaban J connectivity index is 1.66. The van der Waals surface area contributed by atoms with Crippen LogP contribution in [-0.4, -0.2) is 40.0 Å². The van der Waals surface area contributed by atoms with Gasteiger partial charge in [-0.15, -0.1) is 0 Å². The van der Waals surface area contributed by atoms with E-state index in [1.54, 1.807) is 12.1 Å². The number of benzene rings is 2. The molecule has 4 rings (SSSR count). The van der Waals surface area contributed by atoms with Crippen molar-refractivity contribution in [2.24, 2.45) is 0 Å². The maximum atomic E-state index is 13.4. The van der Waals surface area contributed by atoms with Crippen molar-refractivity contribution >= 4 is 63.0 Å². The van der Waals surface area contributed by atoms with Crippen molar-refractivity contribution in [1.82, 2.24) is 4.90 Å². The first-order valence-corrected chi connectivity index (χ1v) is 11.2. The Bertz CT molecular complexity index is 1140. The third kappa shape index (κ3) is 3.88. The van der Waals surface area contributed by atoms with Gasteiger partial charge in [-0.3, -0.25) is 24.2 Å². The van der Waals surface area contributed by atoms with Crippen LogP contribution in [0, 0.1) is 6.92 Å². The highest BCUT2D eigenvalue weighted by atomic mass is 32.2. The van der Waals surface area contributed by atoms with E-state index >= 15 is 0 Å². The van der Waals surface area contributed by atoms with Crippen LogP contribution in [0.25, 0.3) is 5.57 Å². The number of hydrogen-bond acceptors (Lipinski definition) is 5. The third-order valence-electron chi connectivity index (χ3n) is 5.17. The molecule has 158 valence electrons.